The summed E-state index contributed by atoms with van der Waals surface area (Å²) >= 11 is 5.05. The van der Waals surface area contributed by atoms with Gasteiger partial charge in [-0.05, 0) is 6.08 Å². The molecule has 0 fully saturated rings. The van der Waals surface area contributed by atoms with Crippen molar-refractivity contribution >= 4 is 19.9 Å². The first-order valence-electron chi connectivity index (χ1n) is 1.81. The molecule has 1 atom stereocenters. The van der Waals surface area contributed by atoms with E-state index in [9.17, 15) is 4.57 Å². The Morgan fingerprint density at radius 1 is 1.88 bits per heavy atom. The molecule has 0 aliphatic carbocycles. The zero-order valence-corrected chi connectivity index (χ0v) is 5.60. The van der Waals surface area contributed by atoms with E-state index in [4.69, 9.17) is 16.5 Å². The molecular formula is C3H5ClO3P+. The van der Waals surface area contributed by atoms with Crippen LogP contribution in [0.5, 0.6) is 0 Å². The van der Waals surface area contributed by atoms with Crippen molar-refractivity contribution in [1.29, 1.82) is 0 Å². The topological polar surface area (TPSA) is 46.5 Å². The third-order valence-corrected chi connectivity index (χ3v) is 0.918. The van der Waals surface area contributed by atoms with Crippen LogP contribution in [0.3, 0.4) is 0 Å². The quantitative estimate of drug-likeness (QED) is 0.627. The lowest BCUT2D eigenvalue weighted by atomic mass is 10.7. The van der Waals surface area contributed by atoms with Crippen molar-refractivity contribution in [1.82, 2.24) is 0 Å². The monoisotopic (exact) mass is 155 g/mol. The molecule has 0 aliphatic rings. The summed E-state index contributed by atoms with van der Waals surface area (Å²) in [5.41, 5.74) is 1.22. The van der Waals surface area contributed by atoms with Gasteiger partial charge in [-0.3, -0.25) is 0 Å². The van der Waals surface area contributed by atoms with Crippen molar-refractivity contribution in [2.24, 2.45) is 0 Å². The van der Waals surface area contributed by atoms with Gasteiger partial charge in [0.05, 0.1) is 0 Å². The number of rotatable bonds is 3. The fourth-order valence-electron chi connectivity index (χ4n) is 0.143. The van der Waals surface area contributed by atoms with Gasteiger partial charge in [-0.25, -0.2) is 0 Å². The van der Waals surface area contributed by atoms with E-state index in [0.29, 0.717) is 0 Å². The molecule has 0 saturated heterocycles. The van der Waals surface area contributed by atoms with E-state index in [1.165, 1.54) is 11.6 Å². The van der Waals surface area contributed by atoms with Gasteiger partial charge in [-0.1, -0.05) is 11.6 Å². The van der Waals surface area contributed by atoms with E-state index in [1.807, 2.05) is 0 Å². The van der Waals surface area contributed by atoms with Crippen LogP contribution < -0.4 is 0 Å². The number of halogens is 1. The summed E-state index contributed by atoms with van der Waals surface area (Å²) in [7, 11) is -2.47. The highest BCUT2D eigenvalue weighted by atomic mass is 35.5. The molecule has 0 bridgehead atoms. The minimum atomic E-state index is -2.47. The predicted molar refractivity (Wildman–Crippen MR) is 30.8 cm³/mol. The highest BCUT2D eigenvalue weighted by Gasteiger charge is 2.07. The second kappa shape index (κ2) is 5.19. The van der Waals surface area contributed by atoms with Crippen LogP contribution in [0.2, 0.25) is 0 Å². The largest absolute Gasteiger partial charge is 0.695 e. The maximum absolute atomic E-state index is 9.72. The fourth-order valence-corrected chi connectivity index (χ4v) is 0.429. The molecule has 0 radical (unpaired) electrons. The summed E-state index contributed by atoms with van der Waals surface area (Å²) in [6.45, 7) is 0.0786. The Morgan fingerprint density at radius 2 is 2.50 bits per heavy atom. The minimum absolute atomic E-state index is 0.0786. The zero-order valence-electron chi connectivity index (χ0n) is 3.95. The van der Waals surface area contributed by atoms with Gasteiger partial charge in [0.2, 0.25) is 0 Å². The predicted octanol–water partition coefficient (Wildman–Crippen LogP) is 1.41. The van der Waals surface area contributed by atoms with E-state index in [-0.39, 0.29) is 6.61 Å². The van der Waals surface area contributed by atoms with Crippen molar-refractivity contribution < 1.29 is 14.0 Å². The van der Waals surface area contributed by atoms with Crippen molar-refractivity contribution in [2.75, 3.05) is 6.61 Å². The second-order valence-electron chi connectivity index (χ2n) is 0.895. The Labute approximate surface area is 52.9 Å². The minimum Gasteiger partial charge on any atom is -0.133 e. The fraction of sp³-hybridized carbons (Fsp3) is 0.333. The molecule has 0 amide bonds. The molecule has 8 heavy (non-hydrogen) atoms. The van der Waals surface area contributed by atoms with Crippen molar-refractivity contribution in [3.63, 3.8) is 0 Å². The van der Waals surface area contributed by atoms with Crippen LogP contribution in [0.25, 0.3) is 0 Å². The maximum Gasteiger partial charge on any atom is 0.695 e. The van der Waals surface area contributed by atoms with E-state index >= 15 is 0 Å². The van der Waals surface area contributed by atoms with Gasteiger partial charge in [-0.15, -0.1) is 9.42 Å². The Bertz CT molecular complexity index is 103. The van der Waals surface area contributed by atoms with Crippen LogP contribution >= 0.6 is 19.9 Å². The molecule has 0 rings (SSSR count). The van der Waals surface area contributed by atoms with Crippen molar-refractivity contribution in [3.8, 4) is 0 Å². The van der Waals surface area contributed by atoms with Crippen LogP contribution in [0.1, 0.15) is 0 Å². The summed E-state index contributed by atoms with van der Waals surface area (Å²) in [6.07, 6.45) is 1.42. The zero-order chi connectivity index (χ0) is 6.41. The van der Waals surface area contributed by atoms with Gasteiger partial charge >= 0.3 is 8.25 Å². The Balaban J connectivity index is 3.05. The Morgan fingerprint density at radius 3 is 2.88 bits per heavy atom. The van der Waals surface area contributed by atoms with Gasteiger partial charge in [-0.2, -0.15) is 0 Å². The molecule has 46 valence electrons. The Hall–Kier alpha value is 0.0500. The molecule has 1 unspecified atom stereocenters. The molecule has 3 nitrogen and oxygen atoms in total. The molecule has 0 saturated carbocycles. The molecule has 0 spiro atoms. The third-order valence-electron chi connectivity index (χ3n) is 0.370. The van der Waals surface area contributed by atoms with Crippen LogP contribution in [0.4, 0.5) is 0 Å². The Kier molecular flexibility index (Phi) is 5.22. The highest BCUT2D eigenvalue weighted by molar-refractivity contribution is 7.32. The lowest BCUT2D eigenvalue weighted by Crippen LogP contribution is -1.76. The average Bonchev–Trinajstić information content (AvgIpc) is 1.66. The van der Waals surface area contributed by atoms with Crippen molar-refractivity contribution in [3.05, 3.63) is 11.6 Å². The smallest absolute Gasteiger partial charge is 0.133 e. The summed E-state index contributed by atoms with van der Waals surface area (Å²) in [5, 5.41) is 0. The van der Waals surface area contributed by atoms with Gasteiger partial charge in [0.1, 0.15) is 6.61 Å². The molecule has 0 heterocycles. The van der Waals surface area contributed by atoms with Crippen molar-refractivity contribution in [2.45, 2.75) is 0 Å². The van der Waals surface area contributed by atoms with Gasteiger partial charge < -0.3 is 0 Å². The van der Waals surface area contributed by atoms with E-state index < -0.39 is 8.25 Å². The summed E-state index contributed by atoms with van der Waals surface area (Å²) in [4.78, 5) is 7.99. The molecule has 0 aromatic rings. The van der Waals surface area contributed by atoms with Gasteiger partial charge in [0, 0.05) is 10.1 Å². The number of hydrogen-bond acceptors (Lipinski definition) is 2. The van der Waals surface area contributed by atoms with Gasteiger partial charge in [0.25, 0.3) is 0 Å². The standard InChI is InChI=1S/C3H4ClO3P/c4-2-1-3-7-8(5)6/h1-2H,3H2/p+1. The summed E-state index contributed by atoms with van der Waals surface area (Å²) in [6, 6.07) is 0. The van der Waals surface area contributed by atoms with Crippen LogP contribution in [-0.2, 0) is 9.09 Å². The second-order valence-corrected chi connectivity index (χ2v) is 1.88. The lowest BCUT2D eigenvalue weighted by molar-refractivity contribution is 0.312. The van der Waals surface area contributed by atoms with E-state index in [2.05, 4.69) is 4.52 Å². The first kappa shape index (κ1) is 8.05. The first-order valence-corrected chi connectivity index (χ1v) is 3.38. The lowest BCUT2D eigenvalue weighted by Gasteiger charge is -1.73. The highest BCUT2D eigenvalue weighted by Crippen LogP contribution is 2.13. The number of hydrogen-bond donors (Lipinski definition) is 1. The maximum atomic E-state index is 9.72. The summed E-state index contributed by atoms with van der Waals surface area (Å²) < 4.78 is 13.9. The first-order chi connectivity index (χ1) is 3.77. The molecule has 5 heteroatoms. The van der Waals surface area contributed by atoms with Gasteiger partial charge in [0.15, 0.2) is 0 Å². The van der Waals surface area contributed by atoms with Crippen LogP contribution in [0.15, 0.2) is 11.6 Å². The summed E-state index contributed by atoms with van der Waals surface area (Å²) in [5.74, 6) is 0. The van der Waals surface area contributed by atoms with Crippen LogP contribution in [0, 0.1) is 0 Å². The van der Waals surface area contributed by atoms with E-state index in [1.54, 1.807) is 0 Å². The molecular weight excluding hydrogens is 150 g/mol. The van der Waals surface area contributed by atoms with E-state index in [0.717, 1.165) is 0 Å². The molecule has 1 N–H and O–H groups in total. The SMILES string of the molecule is O=[P+](O)OCC=CCl. The molecule has 0 aliphatic heterocycles. The average molecular weight is 155 g/mol. The third kappa shape index (κ3) is 6.05. The normalized spacial score (nSPS) is 12.5. The van der Waals surface area contributed by atoms with Crippen LogP contribution in [-0.4, -0.2) is 11.5 Å². The molecule has 0 aromatic heterocycles. The molecule has 0 aromatic carbocycles.